The molecule has 1 aliphatic rings. The van der Waals surface area contributed by atoms with E-state index in [1.165, 1.54) is 28.9 Å². The lowest BCUT2D eigenvalue weighted by atomic mass is 10.1. The molecule has 1 aliphatic heterocycles. The number of benzene rings is 2. The minimum atomic E-state index is -0.533. The molecule has 6 heteroatoms. The molecule has 2 aromatic carbocycles. The van der Waals surface area contributed by atoms with Crippen molar-refractivity contribution in [1.29, 1.82) is 0 Å². The Morgan fingerprint density at radius 2 is 1.76 bits per heavy atom. The Morgan fingerprint density at radius 3 is 2.44 bits per heavy atom. The Hall–Kier alpha value is -2.27. The van der Waals surface area contributed by atoms with E-state index in [2.05, 4.69) is 42.3 Å². The molecular weight excluding hydrogens is 341 g/mol. The van der Waals surface area contributed by atoms with Gasteiger partial charge in [0.1, 0.15) is 5.82 Å². The summed E-state index contributed by atoms with van der Waals surface area (Å²) in [5.41, 5.74) is 3.76. The highest BCUT2D eigenvalue weighted by atomic mass is 35.5. The zero-order valence-corrected chi connectivity index (χ0v) is 15.1. The number of nitrogens with zero attached hydrogens (tertiary/aromatic N) is 2. The van der Waals surface area contributed by atoms with Crippen molar-refractivity contribution in [2.45, 2.75) is 13.8 Å². The Bertz CT molecular complexity index is 768. The summed E-state index contributed by atoms with van der Waals surface area (Å²) in [5, 5.41) is 2.78. The molecule has 0 aromatic heterocycles. The van der Waals surface area contributed by atoms with Gasteiger partial charge in [0.05, 0.1) is 10.7 Å². The van der Waals surface area contributed by atoms with Crippen LogP contribution in [0.2, 0.25) is 5.02 Å². The van der Waals surface area contributed by atoms with Crippen LogP contribution in [0.25, 0.3) is 0 Å². The second-order valence-corrected chi connectivity index (χ2v) is 6.63. The highest BCUT2D eigenvalue weighted by Gasteiger charge is 2.23. The molecule has 0 atom stereocenters. The monoisotopic (exact) mass is 361 g/mol. The van der Waals surface area contributed by atoms with Gasteiger partial charge in [0, 0.05) is 31.9 Å². The van der Waals surface area contributed by atoms with Crippen molar-refractivity contribution in [3.8, 4) is 0 Å². The molecule has 0 aliphatic carbocycles. The molecular formula is C19H21ClFN3O. The third-order valence-corrected chi connectivity index (χ3v) is 4.99. The van der Waals surface area contributed by atoms with Crippen LogP contribution in [0.1, 0.15) is 11.1 Å². The van der Waals surface area contributed by atoms with Gasteiger partial charge in [0.15, 0.2) is 0 Å². The molecule has 0 radical (unpaired) electrons. The highest BCUT2D eigenvalue weighted by molar-refractivity contribution is 6.33. The van der Waals surface area contributed by atoms with E-state index in [4.69, 9.17) is 11.6 Å². The van der Waals surface area contributed by atoms with Crippen LogP contribution in [0, 0.1) is 19.7 Å². The molecule has 1 saturated heterocycles. The first-order chi connectivity index (χ1) is 12.0. The SMILES string of the molecule is Cc1cccc(N2CCN(C(=O)Nc3c(F)cccc3Cl)CC2)c1C. The van der Waals surface area contributed by atoms with Crippen molar-refractivity contribution in [3.63, 3.8) is 0 Å². The van der Waals surface area contributed by atoms with Crippen molar-refractivity contribution < 1.29 is 9.18 Å². The fraction of sp³-hybridized carbons (Fsp3) is 0.316. The number of amides is 2. The number of carbonyl (C=O) groups excluding carboxylic acids is 1. The summed E-state index contributed by atoms with van der Waals surface area (Å²) in [7, 11) is 0. The van der Waals surface area contributed by atoms with Gasteiger partial charge in [-0.2, -0.15) is 0 Å². The molecule has 25 heavy (non-hydrogen) atoms. The number of anilines is 2. The molecule has 0 bridgehead atoms. The van der Waals surface area contributed by atoms with Gasteiger partial charge < -0.3 is 15.1 Å². The van der Waals surface area contributed by atoms with E-state index in [9.17, 15) is 9.18 Å². The highest BCUT2D eigenvalue weighted by Crippen LogP contribution is 2.26. The van der Waals surface area contributed by atoms with Crippen LogP contribution in [0.4, 0.5) is 20.6 Å². The normalized spacial score (nSPS) is 14.6. The lowest BCUT2D eigenvalue weighted by molar-refractivity contribution is 0.208. The second-order valence-electron chi connectivity index (χ2n) is 6.22. The summed E-state index contributed by atoms with van der Waals surface area (Å²) < 4.78 is 13.8. The number of piperazine rings is 1. The van der Waals surface area contributed by atoms with Gasteiger partial charge in [-0.05, 0) is 43.2 Å². The number of halogens is 2. The number of hydrogen-bond acceptors (Lipinski definition) is 2. The van der Waals surface area contributed by atoms with Gasteiger partial charge in [-0.1, -0.05) is 29.8 Å². The zero-order valence-electron chi connectivity index (χ0n) is 14.4. The van der Waals surface area contributed by atoms with Gasteiger partial charge in [-0.25, -0.2) is 9.18 Å². The Labute approximate surface area is 152 Å². The first-order valence-electron chi connectivity index (χ1n) is 8.28. The maximum absolute atomic E-state index is 13.8. The Morgan fingerprint density at radius 1 is 1.08 bits per heavy atom. The van der Waals surface area contributed by atoms with E-state index in [1.54, 1.807) is 11.0 Å². The summed E-state index contributed by atoms with van der Waals surface area (Å²) in [6, 6.07) is 10.3. The summed E-state index contributed by atoms with van der Waals surface area (Å²) in [4.78, 5) is 16.4. The summed E-state index contributed by atoms with van der Waals surface area (Å²) in [5.74, 6) is -0.533. The predicted octanol–water partition coefficient (Wildman–Crippen LogP) is 4.45. The summed E-state index contributed by atoms with van der Waals surface area (Å²) in [6.07, 6.45) is 0. The maximum Gasteiger partial charge on any atom is 0.322 e. The van der Waals surface area contributed by atoms with E-state index in [0.717, 1.165) is 13.1 Å². The lowest BCUT2D eigenvalue weighted by Gasteiger charge is -2.37. The molecule has 132 valence electrons. The molecule has 0 saturated carbocycles. The second kappa shape index (κ2) is 7.31. The smallest absolute Gasteiger partial charge is 0.322 e. The molecule has 2 amide bonds. The molecule has 2 aromatic rings. The van der Waals surface area contributed by atoms with Gasteiger partial charge in [-0.3, -0.25) is 0 Å². The van der Waals surface area contributed by atoms with E-state index in [-0.39, 0.29) is 16.7 Å². The Kier molecular flexibility index (Phi) is 5.13. The number of carbonyl (C=O) groups is 1. The van der Waals surface area contributed by atoms with Crippen LogP contribution in [0.5, 0.6) is 0 Å². The van der Waals surface area contributed by atoms with E-state index in [1.807, 2.05) is 0 Å². The van der Waals surface area contributed by atoms with E-state index < -0.39 is 5.82 Å². The van der Waals surface area contributed by atoms with Crippen LogP contribution in [-0.2, 0) is 0 Å². The number of para-hydroxylation sites is 1. The van der Waals surface area contributed by atoms with E-state index >= 15 is 0 Å². The first kappa shape index (κ1) is 17.5. The van der Waals surface area contributed by atoms with Gasteiger partial charge >= 0.3 is 6.03 Å². The molecule has 0 spiro atoms. The average molecular weight is 362 g/mol. The lowest BCUT2D eigenvalue weighted by Crippen LogP contribution is -2.50. The number of urea groups is 1. The van der Waals surface area contributed by atoms with Crippen molar-refractivity contribution in [2.75, 3.05) is 36.4 Å². The van der Waals surface area contributed by atoms with Crippen LogP contribution in [-0.4, -0.2) is 37.1 Å². The predicted molar refractivity (Wildman–Crippen MR) is 100 cm³/mol. The number of nitrogens with one attached hydrogen (secondary N) is 1. The molecule has 1 N–H and O–H groups in total. The standard InChI is InChI=1S/C19H21ClFN3O/c1-13-5-3-8-17(14(13)2)23-9-11-24(12-10-23)19(25)22-18-15(20)6-4-7-16(18)21/h3-8H,9-12H2,1-2H3,(H,22,25). The third kappa shape index (κ3) is 3.71. The zero-order chi connectivity index (χ0) is 18.0. The number of rotatable bonds is 2. The molecule has 4 nitrogen and oxygen atoms in total. The van der Waals surface area contributed by atoms with Gasteiger partial charge in [0.2, 0.25) is 0 Å². The summed E-state index contributed by atoms with van der Waals surface area (Å²) >= 11 is 5.97. The van der Waals surface area contributed by atoms with E-state index in [0.29, 0.717) is 13.1 Å². The summed E-state index contributed by atoms with van der Waals surface area (Å²) in [6.45, 7) is 6.84. The van der Waals surface area contributed by atoms with Gasteiger partial charge in [0.25, 0.3) is 0 Å². The first-order valence-corrected chi connectivity index (χ1v) is 8.66. The number of hydrogen-bond donors (Lipinski definition) is 1. The fourth-order valence-electron chi connectivity index (χ4n) is 3.03. The van der Waals surface area contributed by atoms with Crippen molar-refractivity contribution in [1.82, 2.24) is 4.90 Å². The van der Waals surface area contributed by atoms with Crippen molar-refractivity contribution in [2.24, 2.45) is 0 Å². The van der Waals surface area contributed by atoms with Crippen molar-refractivity contribution >= 4 is 29.0 Å². The minimum Gasteiger partial charge on any atom is -0.368 e. The van der Waals surface area contributed by atoms with Crippen LogP contribution >= 0.6 is 11.6 Å². The molecule has 1 fully saturated rings. The quantitative estimate of drug-likeness (QED) is 0.857. The Balaban J connectivity index is 1.64. The molecule has 1 heterocycles. The topological polar surface area (TPSA) is 35.6 Å². The maximum atomic E-state index is 13.8. The van der Waals surface area contributed by atoms with Crippen LogP contribution in [0.3, 0.4) is 0 Å². The molecule has 0 unspecified atom stereocenters. The van der Waals surface area contributed by atoms with Crippen LogP contribution in [0.15, 0.2) is 36.4 Å². The fourth-order valence-corrected chi connectivity index (χ4v) is 3.24. The number of aryl methyl sites for hydroxylation is 1. The average Bonchev–Trinajstić information content (AvgIpc) is 2.61. The minimum absolute atomic E-state index is 0.0334. The van der Waals surface area contributed by atoms with Crippen molar-refractivity contribution in [3.05, 3.63) is 58.4 Å². The molecule has 3 rings (SSSR count). The van der Waals surface area contributed by atoms with Crippen LogP contribution < -0.4 is 10.2 Å². The largest absolute Gasteiger partial charge is 0.368 e. The van der Waals surface area contributed by atoms with Gasteiger partial charge in [-0.15, -0.1) is 0 Å². The third-order valence-electron chi connectivity index (χ3n) is 4.68.